The Morgan fingerprint density at radius 2 is 1.73 bits per heavy atom. The van der Waals surface area contributed by atoms with E-state index in [1.54, 1.807) is 0 Å². The molecular formula is C27H46O3. The lowest BCUT2D eigenvalue weighted by Gasteiger charge is -2.60. The quantitative estimate of drug-likeness (QED) is 0.596. The number of carbonyl (C=O) groups is 1. The van der Waals surface area contributed by atoms with E-state index in [0.29, 0.717) is 41.3 Å². The van der Waals surface area contributed by atoms with E-state index in [2.05, 4.69) is 20.8 Å². The number of aliphatic hydroxyl groups excluding tert-OH is 1. The third-order valence-corrected chi connectivity index (χ3v) is 10.6. The zero-order chi connectivity index (χ0) is 21.9. The van der Waals surface area contributed by atoms with Gasteiger partial charge in [-0.15, -0.1) is 0 Å². The van der Waals surface area contributed by atoms with Crippen LogP contribution in [0.25, 0.3) is 0 Å². The highest BCUT2D eigenvalue weighted by Crippen LogP contribution is 2.67. The van der Waals surface area contributed by atoms with Crippen molar-refractivity contribution in [2.24, 2.45) is 46.3 Å². The lowest BCUT2D eigenvalue weighted by atomic mass is 9.44. The maximum absolute atomic E-state index is 13.2. The Kier molecular flexibility index (Phi) is 5.97. The van der Waals surface area contributed by atoms with Gasteiger partial charge in [0, 0.05) is 12.3 Å². The molecule has 0 aliphatic heterocycles. The number of fused-ring (bicyclic) bond motifs is 5. The number of ketones is 1. The van der Waals surface area contributed by atoms with Crippen LogP contribution in [0.3, 0.4) is 0 Å². The molecule has 0 unspecified atom stereocenters. The van der Waals surface area contributed by atoms with Gasteiger partial charge >= 0.3 is 0 Å². The van der Waals surface area contributed by atoms with Crippen LogP contribution in [-0.2, 0) is 4.79 Å². The van der Waals surface area contributed by atoms with Crippen molar-refractivity contribution < 1.29 is 15.0 Å². The smallest absolute Gasteiger partial charge is 0.136 e. The largest absolute Gasteiger partial charge is 0.393 e. The lowest BCUT2D eigenvalue weighted by molar-refractivity contribution is -0.160. The molecule has 0 heterocycles. The zero-order valence-corrected chi connectivity index (χ0v) is 20.1. The van der Waals surface area contributed by atoms with Gasteiger partial charge in [-0.25, -0.2) is 0 Å². The summed E-state index contributed by atoms with van der Waals surface area (Å²) < 4.78 is 0. The van der Waals surface area contributed by atoms with Gasteiger partial charge < -0.3 is 10.2 Å². The maximum atomic E-state index is 13.2. The fraction of sp³-hybridized carbons (Fsp3) is 0.963. The van der Waals surface area contributed by atoms with Gasteiger partial charge in [-0.3, -0.25) is 4.79 Å². The van der Waals surface area contributed by atoms with E-state index in [4.69, 9.17) is 0 Å². The minimum absolute atomic E-state index is 0.102. The van der Waals surface area contributed by atoms with Crippen molar-refractivity contribution in [3.8, 4) is 0 Å². The summed E-state index contributed by atoms with van der Waals surface area (Å²) in [6.07, 6.45) is 11.6. The van der Waals surface area contributed by atoms with Crippen molar-refractivity contribution in [3.05, 3.63) is 0 Å². The van der Waals surface area contributed by atoms with Crippen molar-refractivity contribution in [2.45, 2.75) is 117 Å². The highest BCUT2D eigenvalue weighted by atomic mass is 16.3. The first-order valence-electron chi connectivity index (χ1n) is 12.9. The molecule has 4 aliphatic rings. The average molecular weight is 419 g/mol. The maximum Gasteiger partial charge on any atom is 0.136 e. The van der Waals surface area contributed by atoms with Crippen LogP contribution >= 0.6 is 0 Å². The van der Waals surface area contributed by atoms with Crippen LogP contribution in [0.1, 0.15) is 105 Å². The molecule has 2 N–H and O–H groups in total. The molecule has 0 radical (unpaired) electrons. The third kappa shape index (κ3) is 3.81. The third-order valence-electron chi connectivity index (χ3n) is 10.6. The van der Waals surface area contributed by atoms with E-state index in [1.165, 1.54) is 32.1 Å². The topological polar surface area (TPSA) is 57.5 Å². The molecule has 4 saturated carbocycles. The predicted octanol–water partition coefficient (Wildman–Crippen LogP) is 5.76. The molecule has 0 spiro atoms. The van der Waals surface area contributed by atoms with Crippen molar-refractivity contribution in [1.29, 1.82) is 0 Å². The molecule has 9 atom stereocenters. The molecule has 0 aromatic heterocycles. The first-order valence-corrected chi connectivity index (χ1v) is 12.9. The molecule has 3 nitrogen and oxygen atoms in total. The highest BCUT2D eigenvalue weighted by Gasteiger charge is 2.62. The molecule has 0 bridgehead atoms. The second kappa shape index (κ2) is 7.87. The Morgan fingerprint density at radius 1 is 1.07 bits per heavy atom. The molecule has 4 fully saturated rings. The minimum Gasteiger partial charge on any atom is -0.393 e. The van der Waals surface area contributed by atoms with E-state index in [-0.39, 0.29) is 17.4 Å². The van der Waals surface area contributed by atoms with Crippen molar-refractivity contribution in [2.75, 3.05) is 0 Å². The summed E-state index contributed by atoms with van der Waals surface area (Å²) in [5.74, 6) is 3.97. The number of hydrogen-bond donors (Lipinski definition) is 2. The summed E-state index contributed by atoms with van der Waals surface area (Å²) in [5, 5.41) is 20.3. The van der Waals surface area contributed by atoms with Gasteiger partial charge in [0.15, 0.2) is 0 Å². The normalized spacial score (nSPS) is 47.4. The van der Waals surface area contributed by atoms with Crippen molar-refractivity contribution >= 4 is 5.78 Å². The zero-order valence-electron chi connectivity index (χ0n) is 20.1. The molecule has 4 aliphatic carbocycles. The van der Waals surface area contributed by atoms with Gasteiger partial charge in [-0.1, -0.05) is 33.6 Å². The summed E-state index contributed by atoms with van der Waals surface area (Å²) in [7, 11) is 0. The molecular weight excluding hydrogens is 372 g/mol. The summed E-state index contributed by atoms with van der Waals surface area (Å²) in [6.45, 7) is 11.2. The van der Waals surface area contributed by atoms with E-state index >= 15 is 0 Å². The van der Waals surface area contributed by atoms with Crippen molar-refractivity contribution in [3.63, 3.8) is 0 Å². The monoisotopic (exact) mass is 418 g/mol. The Balaban J connectivity index is 1.49. The second-order valence-electron chi connectivity index (χ2n) is 12.9. The number of carbonyl (C=O) groups excluding carboxylic acids is 1. The SMILES string of the molecule is C[C@H](CCCC(C)(C)O)[C@H]1CC[C@H]2[C@@H]3CC(=O)[C@H]4C[C@@H](O)CC[C@]4(C)[C@H]3CC[C@]12C. The fourth-order valence-electron chi connectivity index (χ4n) is 9.05. The number of hydrogen-bond acceptors (Lipinski definition) is 3. The predicted molar refractivity (Wildman–Crippen MR) is 121 cm³/mol. The van der Waals surface area contributed by atoms with Gasteiger partial charge in [0.1, 0.15) is 5.78 Å². The Labute approximate surface area is 184 Å². The molecule has 3 heteroatoms. The standard InChI is InChI=1S/C27H46O3/c1-17(7-6-12-25(2,3)30)20-8-9-21-19-16-24(29)23-15-18(28)10-13-27(23,5)22(19)11-14-26(20,21)4/h17-23,28,30H,6-16H2,1-5H3/t17-,18+,19+,20-,21+,22+,23-,26-,27-/m1/s1. The molecule has 0 aromatic carbocycles. The first-order chi connectivity index (χ1) is 14.0. The van der Waals surface area contributed by atoms with Crippen LogP contribution in [0.5, 0.6) is 0 Å². The van der Waals surface area contributed by atoms with Crippen molar-refractivity contribution in [1.82, 2.24) is 0 Å². The van der Waals surface area contributed by atoms with Crippen LogP contribution in [0.2, 0.25) is 0 Å². The van der Waals surface area contributed by atoms with Gasteiger partial charge in [0.25, 0.3) is 0 Å². The molecule has 30 heavy (non-hydrogen) atoms. The summed E-state index contributed by atoms with van der Waals surface area (Å²) in [6, 6.07) is 0. The van der Waals surface area contributed by atoms with Gasteiger partial charge in [0.2, 0.25) is 0 Å². The van der Waals surface area contributed by atoms with Crippen LogP contribution < -0.4 is 0 Å². The van der Waals surface area contributed by atoms with Crippen LogP contribution in [0, 0.1) is 46.3 Å². The molecule has 0 saturated heterocycles. The molecule has 4 rings (SSSR count). The first kappa shape index (κ1) is 22.8. The van der Waals surface area contributed by atoms with E-state index in [1.807, 2.05) is 13.8 Å². The summed E-state index contributed by atoms with van der Waals surface area (Å²) in [4.78, 5) is 13.2. The second-order valence-corrected chi connectivity index (χ2v) is 12.9. The van der Waals surface area contributed by atoms with Gasteiger partial charge in [-0.2, -0.15) is 0 Å². The molecule has 0 aromatic rings. The Morgan fingerprint density at radius 3 is 2.43 bits per heavy atom. The van der Waals surface area contributed by atoms with Crippen LogP contribution in [0.15, 0.2) is 0 Å². The van der Waals surface area contributed by atoms with Crippen LogP contribution in [-0.4, -0.2) is 27.7 Å². The summed E-state index contributed by atoms with van der Waals surface area (Å²) >= 11 is 0. The van der Waals surface area contributed by atoms with Gasteiger partial charge in [-0.05, 0) is 106 Å². The summed E-state index contributed by atoms with van der Waals surface area (Å²) in [5.41, 5.74) is -0.0497. The molecule has 0 amide bonds. The number of rotatable bonds is 5. The highest BCUT2D eigenvalue weighted by molar-refractivity contribution is 5.83. The lowest BCUT2D eigenvalue weighted by Crippen LogP contribution is -2.57. The number of Topliss-reactive ketones (excluding diaryl/α,β-unsaturated/α-hetero) is 1. The van der Waals surface area contributed by atoms with E-state index < -0.39 is 5.60 Å². The average Bonchev–Trinajstić information content (AvgIpc) is 3.00. The number of aliphatic hydroxyl groups is 2. The van der Waals surface area contributed by atoms with Crippen LogP contribution in [0.4, 0.5) is 0 Å². The Hall–Kier alpha value is -0.410. The van der Waals surface area contributed by atoms with Gasteiger partial charge in [0.05, 0.1) is 11.7 Å². The molecule has 172 valence electrons. The fourth-order valence-corrected chi connectivity index (χ4v) is 9.05. The Bertz CT molecular complexity index is 651. The van der Waals surface area contributed by atoms with E-state index in [0.717, 1.165) is 38.0 Å². The minimum atomic E-state index is -0.554. The van der Waals surface area contributed by atoms with E-state index in [9.17, 15) is 15.0 Å².